The Balaban J connectivity index is 1.58. The molecule has 0 aliphatic carbocycles. The van der Waals surface area contributed by atoms with E-state index in [1.807, 2.05) is 42.4 Å². The molecule has 0 aliphatic rings. The molecule has 0 saturated carbocycles. The third-order valence-corrected chi connectivity index (χ3v) is 7.42. The Morgan fingerprint density at radius 1 is 0.970 bits per heavy atom. The van der Waals surface area contributed by atoms with E-state index in [1.165, 1.54) is 6.07 Å². The summed E-state index contributed by atoms with van der Waals surface area (Å²) in [6, 6.07) is 16.5. The number of nitrogens with zero attached hydrogens (tertiary/aromatic N) is 3. The molecule has 0 radical (unpaired) electrons. The summed E-state index contributed by atoms with van der Waals surface area (Å²) in [6.07, 6.45) is -2.39. The second kappa shape index (κ2) is 8.83. The van der Waals surface area contributed by atoms with Gasteiger partial charge in [-0.3, -0.25) is 0 Å². The lowest BCUT2D eigenvalue weighted by Crippen LogP contribution is -2.21. The van der Waals surface area contributed by atoms with E-state index < -0.39 is 19.8 Å². The van der Waals surface area contributed by atoms with Gasteiger partial charge in [0, 0.05) is 39.0 Å². The van der Waals surface area contributed by atoms with Crippen LogP contribution in [0.15, 0.2) is 60.8 Å². The Hall–Kier alpha value is -2.84. The van der Waals surface area contributed by atoms with Crippen LogP contribution in [0.25, 0.3) is 21.8 Å². The molecule has 2 heterocycles. The Kier molecular flexibility index (Phi) is 6.24. The summed E-state index contributed by atoms with van der Waals surface area (Å²) in [4.78, 5) is 6.38. The minimum atomic E-state index is -4.40. The zero-order valence-corrected chi connectivity index (χ0v) is 20.3. The fraction of sp³-hybridized carbons (Fsp3) is 0.320. The fourth-order valence-electron chi connectivity index (χ4n) is 3.64. The van der Waals surface area contributed by atoms with Gasteiger partial charge in [-0.1, -0.05) is 31.8 Å². The summed E-state index contributed by atoms with van der Waals surface area (Å²) in [5.74, 6) is 0.575. The number of pyridine rings is 1. The molecule has 0 unspecified atom stereocenters. The molecule has 0 saturated heterocycles. The first kappa shape index (κ1) is 23.3. The quantitative estimate of drug-likeness (QED) is 0.209. The Morgan fingerprint density at radius 3 is 2.42 bits per heavy atom. The second-order valence-corrected chi connectivity index (χ2v) is 15.1. The SMILES string of the molecule is CN(c1ccc2ccn(COCC[Si](C)(C)C)c2c1)c1ccc2ccc(C(F)(F)F)cc2n1. The number of anilines is 2. The van der Waals surface area contributed by atoms with Crippen LogP contribution in [0, 0.1) is 0 Å². The van der Waals surface area contributed by atoms with Crippen molar-refractivity contribution in [3.8, 4) is 0 Å². The van der Waals surface area contributed by atoms with Crippen molar-refractivity contribution in [2.75, 3.05) is 18.6 Å². The van der Waals surface area contributed by atoms with Crippen molar-refractivity contribution < 1.29 is 17.9 Å². The number of benzene rings is 2. The van der Waals surface area contributed by atoms with Crippen molar-refractivity contribution in [2.45, 2.75) is 38.6 Å². The predicted octanol–water partition coefficient (Wildman–Crippen LogP) is 7.29. The number of halogens is 3. The highest BCUT2D eigenvalue weighted by atomic mass is 28.3. The van der Waals surface area contributed by atoms with Gasteiger partial charge in [0.15, 0.2) is 0 Å². The molecule has 2 aromatic heterocycles. The lowest BCUT2D eigenvalue weighted by atomic mass is 10.1. The second-order valence-electron chi connectivity index (χ2n) is 9.51. The molecule has 0 fully saturated rings. The summed E-state index contributed by atoms with van der Waals surface area (Å²) in [6.45, 7) is 8.21. The van der Waals surface area contributed by atoms with E-state index in [4.69, 9.17) is 4.74 Å². The van der Waals surface area contributed by atoms with E-state index >= 15 is 0 Å². The third-order valence-electron chi connectivity index (χ3n) is 5.72. The molecule has 2 aromatic carbocycles. The largest absolute Gasteiger partial charge is 0.416 e. The van der Waals surface area contributed by atoms with E-state index in [9.17, 15) is 13.2 Å². The number of ether oxygens (including phenoxy) is 1. The van der Waals surface area contributed by atoms with Gasteiger partial charge in [-0.2, -0.15) is 13.2 Å². The zero-order valence-electron chi connectivity index (χ0n) is 19.3. The van der Waals surface area contributed by atoms with E-state index in [0.29, 0.717) is 23.5 Å². The number of rotatable bonds is 7. The fourth-order valence-corrected chi connectivity index (χ4v) is 4.39. The first-order chi connectivity index (χ1) is 15.5. The molecule has 0 aliphatic heterocycles. The summed E-state index contributed by atoms with van der Waals surface area (Å²) >= 11 is 0. The topological polar surface area (TPSA) is 30.3 Å². The van der Waals surface area contributed by atoms with Crippen LogP contribution in [0.5, 0.6) is 0 Å². The van der Waals surface area contributed by atoms with E-state index in [0.717, 1.165) is 41.4 Å². The molecule has 0 atom stereocenters. The Morgan fingerprint density at radius 2 is 1.70 bits per heavy atom. The lowest BCUT2D eigenvalue weighted by molar-refractivity contribution is -0.137. The summed E-state index contributed by atoms with van der Waals surface area (Å²) in [5, 5.41) is 1.77. The zero-order chi connectivity index (χ0) is 23.8. The smallest absolute Gasteiger partial charge is 0.361 e. The average molecular weight is 472 g/mol. The van der Waals surface area contributed by atoms with Crippen molar-refractivity contribution in [3.05, 3.63) is 66.4 Å². The maximum absolute atomic E-state index is 13.1. The van der Waals surface area contributed by atoms with Gasteiger partial charge in [0.2, 0.25) is 0 Å². The van der Waals surface area contributed by atoms with E-state index in [-0.39, 0.29) is 0 Å². The first-order valence-corrected chi connectivity index (χ1v) is 14.6. The third kappa shape index (κ3) is 5.39. The molecule has 0 N–H and O–H groups in total. The first-order valence-electron chi connectivity index (χ1n) is 10.9. The molecule has 4 rings (SSSR count). The molecule has 4 nitrogen and oxygen atoms in total. The molecular formula is C25H28F3N3OSi. The van der Waals surface area contributed by atoms with Crippen molar-refractivity contribution in [3.63, 3.8) is 0 Å². The molecule has 33 heavy (non-hydrogen) atoms. The molecule has 0 amide bonds. The van der Waals surface area contributed by atoms with Crippen molar-refractivity contribution >= 4 is 41.4 Å². The minimum absolute atomic E-state index is 0.314. The van der Waals surface area contributed by atoms with Crippen LogP contribution in [0.2, 0.25) is 25.7 Å². The van der Waals surface area contributed by atoms with Gasteiger partial charge in [-0.25, -0.2) is 4.98 Å². The van der Waals surface area contributed by atoms with Gasteiger partial charge >= 0.3 is 6.18 Å². The predicted molar refractivity (Wildman–Crippen MR) is 131 cm³/mol. The van der Waals surface area contributed by atoms with Gasteiger partial charge in [0.25, 0.3) is 0 Å². The van der Waals surface area contributed by atoms with Gasteiger partial charge in [-0.05, 0) is 53.9 Å². The van der Waals surface area contributed by atoms with Gasteiger partial charge < -0.3 is 14.2 Å². The molecular weight excluding hydrogens is 443 g/mol. The normalized spacial score (nSPS) is 12.6. The van der Waals surface area contributed by atoms with Crippen molar-refractivity contribution in [1.29, 1.82) is 0 Å². The highest BCUT2D eigenvalue weighted by Crippen LogP contribution is 2.32. The number of alkyl halides is 3. The number of hydrogen-bond acceptors (Lipinski definition) is 3. The maximum Gasteiger partial charge on any atom is 0.416 e. The molecule has 0 spiro atoms. The maximum atomic E-state index is 13.1. The van der Waals surface area contributed by atoms with Crippen LogP contribution in [0.1, 0.15) is 5.56 Å². The Labute approximate surface area is 192 Å². The van der Waals surface area contributed by atoms with Gasteiger partial charge in [-0.15, -0.1) is 0 Å². The van der Waals surface area contributed by atoms with Crippen LogP contribution in [0.4, 0.5) is 24.7 Å². The van der Waals surface area contributed by atoms with Gasteiger partial charge in [0.1, 0.15) is 12.5 Å². The van der Waals surface area contributed by atoms with E-state index in [1.54, 1.807) is 6.07 Å². The minimum Gasteiger partial charge on any atom is -0.361 e. The Bertz CT molecular complexity index is 1280. The van der Waals surface area contributed by atoms with Crippen molar-refractivity contribution in [1.82, 2.24) is 9.55 Å². The van der Waals surface area contributed by atoms with Crippen LogP contribution in [-0.4, -0.2) is 31.3 Å². The lowest BCUT2D eigenvalue weighted by Gasteiger charge is -2.20. The monoisotopic (exact) mass is 471 g/mol. The number of hydrogen-bond donors (Lipinski definition) is 0. The van der Waals surface area contributed by atoms with Gasteiger partial charge in [0.05, 0.1) is 16.6 Å². The molecule has 0 bridgehead atoms. The number of fused-ring (bicyclic) bond motifs is 2. The van der Waals surface area contributed by atoms with Crippen LogP contribution in [0.3, 0.4) is 0 Å². The highest BCUT2D eigenvalue weighted by molar-refractivity contribution is 6.76. The summed E-state index contributed by atoms with van der Waals surface area (Å²) < 4.78 is 47.3. The summed E-state index contributed by atoms with van der Waals surface area (Å²) in [5.41, 5.74) is 1.54. The number of aromatic nitrogens is 2. The highest BCUT2D eigenvalue weighted by Gasteiger charge is 2.30. The summed E-state index contributed by atoms with van der Waals surface area (Å²) in [7, 11) is 0.723. The van der Waals surface area contributed by atoms with Crippen LogP contribution < -0.4 is 4.90 Å². The van der Waals surface area contributed by atoms with Crippen LogP contribution in [-0.2, 0) is 17.6 Å². The van der Waals surface area contributed by atoms with Crippen LogP contribution >= 0.6 is 0 Å². The molecule has 4 aromatic rings. The standard InChI is InChI=1S/C25H28F3N3OSi/c1-30(24-10-7-18-5-8-20(25(26,27)28)15-22(18)29-24)21-9-6-19-11-12-31(23(19)16-21)17-32-13-14-33(2,3)4/h5-12,15-16H,13-14,17H2,1-4H3. The molecule has 174 valence electrons. The van der Waals surface area contributed by atoms with Crippen molar-refractivity contribution in [2.24, 2.45) is 0 Å². The van der Waals surface area contributed by atoms with E-state index in [2.05, 4.69) is 35.3 Å². The molecule has 8 heteroatoms. The average Bonchev–Trinajstić information content (AvgIpc) is 3.16.